The number of ketones is 1. The van der Waals surface area contributed by atoms with Crippen LogP contribution >= 0.6 is 0 Å². The molecule has 1 saturated heterocycles. The minimum atomic E-state index is -0.334. The van der Waals surface area contributed by atoms with E-state index in [0.717, 1.165) is 12.8 Å². The van der Waals surface area contributed by atoms with Crippen LogP contribution in [0.2, 0.25) is 0 Å². The number of carbonyl (C=O) groups excluding carboxylic acids is 1. The predicted molar refractivity (Wildman–Crippen MR) is 63.2 cm³/mol. The van der Waals surface area contributed by atoms with Crippen molar-refractivity contribution in [3.05, 3.63) is 0 Å². The highest BCUT2D eigenvalue weighted by atomic mass is 16.7. The van der Waals surface area contributed by atoms with Gasteiger partial charge in [0.05, 0.1) is 13.2 Å². The second-order valence-electron chi connectivity index (χ2n) is 4.66. The van der Waals surface area contributed by atoms with E-state index in [1.165, 1.54) is 0 Å². The number of rotatable bonds is 2. The summed E-state index contributed by atoms with van der Waals surface area (Å²) in [4.78, 5) is 11.1. The summed E-state index contributed by atoms with van der Waals surface area (Å²) < 4.78 is 11.3. The molecule has 0 unspecified atom stereocenters. The first-order chi connectivity index (χ1) is 7.61. The molecule has 0 aromatic carbocycles. The van der Waals surface area contributed by atoms with Gasteiger partial charge in [-0.15, -0.1) is 0 Å². The van der Waals surface area contributed by atoms with E-state index in [4.69, 9.17) is 9.47 Å². The molecule has 2 rings (SSSR count). The molecule has 3 heteroatoms. The number of carbonyl (C=O) groups is 1. The molecule has 0 radical (unpaired) electrons. The van der Waals surface area contributed by atoms with Crippen molar-refractivity contribution >= 4 is 5.78 Å². The first kappa shape index (κ1) is 13.7. The van der Waals surface area contributed by atoms with Crippen LogP contribution in [-0.4, -0.2) is 24.8 Å². The van der Waals surface area contributed by atoms with Crippen molar-refractivity contribution in [3.63, 3.8) is 0 Å². The van der Waals surface area contributed by atoms with E-state index in [0.29, 0.717) is 31.5 Å². The second kappa shape index (κ2) is 5.78. The third kappa shape index (κ3) is 3.05. The molecule has 16 heavy (non-hydrogen) atoms. The second-order valence-corrected chi connectivity index (χ2v) is 4.66. The van der Waals surface area contributed by atoms with Crippen LogP contribution in [0.1, 0.15) is 47.0 Å². The van der Waals surface area contributed by atoms with Crippen LogP contribution in [0.5, 0.6) is 0 Å². The quantitative estimate of drug-likeness (QED) is 0.729. The Morgan fingerprint density at radius 3 is 2.31 bits per heavy atom. The van der Waals surface area contributed by atoms with Gasteiger partial charge in [0.1, 0.15) is 5.78 Å². The fourth-order valence-corrected chi connectivity index (χ4v) is 2.72. The molecule has 94 valence electrons. The maximum atomic E-state index is 11.1. The van der Waals surface area contributed by atoms with Gasteiger partial charge in [-0.1, -0.05) is 20.8 Å². The largest absolute Gasteiger partial charge is 0.348 e. The van der Waals surface area contributed by atoms with Gasteiger partial charge in [0.25, 0.3) is 0 Å². The molecule has 0 N–H and O–H groups in total. The van der Waals surface area contributed by atoms with E-state index in [-0.39, 0.29) is 11.6 Å². The molecule has 1 aliphatic carbocycles. The summed E-state index contributed by atoms with van der Waals surface area (Å²) >= 11 is 0. The maximum absolute atomic E-state index is 11.1. The predicted octanol–water partition coefficient (Wildman–Crippen LogP) is 2.78. The highest BCUT2D eigenvalue weighted by molar-refractivity contribution is 5.75. The molecule has 0 bridgehead atoms. The number of hydrogen-bond donors (Lipinski definition) is 0. The minimum Gasteiger partial charge on any atom is -0.348 e. The van der Waals surface area contributed by atoms with E-state index in [9.17, 15) is 4.79 Å². The van der Waals surface area contributed by atoms with Crippen LogP contribution < -0.4 is 0 Å². The Balaban J connectivity index is 0.000000606. The Morgan fingerprint density at radius 1 is 1.25 bits per heavy atom. The Labute approximate surface area is 98.5 Å². The molecular weight excluding hydrogens is 204 g/mol. The van der Waals surface area contributed by atoms with E-state index in [1.54, 1.807) is 6.92 Å². The van der Waals surface area contributed by atoms with Gasteiger partial charge in [0.15, 0.2) is 5.79 Å². The smallest absolute Gasteiger partial charge is 0.169 e. The van der Waals surface area contributed by atoms with Crippen molar-refractivity contribution < 1.29 is 14.3 Å². The van der Waals surface area contributed by atoms with Crippen molar-refractivity contribution in [1.82, 2.24) is 0 Å². The highest BCUT2D eigenvalue weighted by Gasteiger charge is 2.47. The Hall–Kier alpha value is -0.410. The fraction of sp³-hybridized carbons (Fsp3) is 0.923. The summed E-state index contributed by atoms with van der Waals surface area (Å²) in [7, 11) is 0. The topological polar surface area (TPSA) is 35.5 Å². The molecule has 0 aromatic rings. The molecule has 0 amide bonds. The number of Topliss-reactive ketones (excluding diaryl/α,β-unsaturated/α-hetero) is 1. The standard InChI is InChI=1S/C11H18O3.C2H6/c1-8-6-11(13-3-4-14-11)7-10(8)5-9(2)12;1-2/h8,10H,3-7H2,1-2H3;1-2H3/t8-,10+;/m1./s1. The zero-order valence-electron chi connectivity index (χ0n) is 10.9. The van der Waals surface area contributed by atoms with Crippen LogP contribution in [0, 0.1) is 11.8 Å². The zero-order valence-corrected chi connectivity index (χ0v) is 10.9. The lowest BCUT2D eigenvalue weighted by atomic mass is 9.93. The van der Waals surface area contributed by atoms with Gasteiger partial charge < -0.3 is 14.3 Å². The van der Waals surface area contributed by atoms with Crippen LogP contribution in [0.4, 0.5) is 0 Å². The first-order valence-electron chi connectivity index (χ1n) is 6.39. The molecule has 1 aliphatic heterocycles. The van der Waals surface area contributed by atoms with Crippen LogP contribution in [0.15, 0.2) is 0 Å². The third-order valence-corrected chi connectivity index (χ3v) is 3.37. The van der Waals surface area contributed by atoms with Gasteiger partial charge in [-0.25, -0.2) is 0 Å². The van der Waals surface area contributed by atoms with Gasteiger partial charge in [-0.05, 0) is 18.8 Å². The Bertz CT molecular complexity index is 231. The van der Waals surface area contributed by atoms with Gasteiger partial charge in [-0.2, -0.15) is 0 Å². The first-order valence-corrected chi connectivity index (χ1v) is 6.39. The van der Waals surface area contributed by atoms with Crippen molar-refractivity contribution in [1.29, 1.82) is 0 Å². The molecule has 0 aromatic heterocycles. The van der Waals surface area contributed by atoms with Crippen molar-refractivity contribution in [2.24, 2.45) is 11.8 Å². The van der Waals surface area contributed by atoms with Crippen LogP contribution in [0.3, 0.4) is 0 Å². The zero-order chi connectivity index (χ0) is 12.2. The van der Waals surface area contributed by atoms with E-state index in [2.05, 4.69) is 6.92 Å². The summed E-state index contributed by atoms with van der Waals surface area (Å²) in [5.74, 6) is 0.930. The number of ether oxygens (including phenoxy) is 2. The lowest BCUT2D eigenvalue weighted by Gasteiger charge is -2.21. The summed E-state index contributed by atoms with van der Waals surface area (Å²) in [5, 5.41) is 0. The highest BCUT2D eigenvalue weighted by Crippen LogP contribution is 2.45. The fourth-order valence-electron chi connectivity index (χ4n) is 2.72. The van der Waals surface area contributed by atoms with Crippen LogP contribution in [0.25, 0.3) is 0 Å². The van der Waals surface area contributed by atoms with Gasteiger partial charge in [-0.3, -0.25) is 0 Å². The molecule has 2 aliphatic rings. The summed E-state index contributed by atoms with van der Waals surface area (Å²) in [6.07, 6.45) is 2.52. The summed E-state index contributed by atoms with van der Waals surface area (Å²) in [5.41, 5.74) is 0. The third-order valence-electron chi connectivity index (χ3n) is 3.37. The van der Waals surface area contributed by atoms with Crippen molar-refractivity contribution in [2.75, 3.05) is 13.2 Å². The normalized spacial score (nSPS) is 31.2. The van der Waals surface area contributed by atoms with Crippen LogP contribution in [-0.2, 0) is 14.3 Å². The SMILES string of the molecule is CC.CC(=O)C[C@H]1CC2(C[C@H]1C)OCCO2. The lowest BCUT2D eigenvalue weighted by molar-refractivity contribution is -0.154. The Kier molecular flexibility index (Phi) is 4.93. The minimum absolute atomic E-state index is 0.275. The van der Waals surface area contributed by atoms with Gasteiger partial charge in [0, 0.05) is 19.3 Å². The summed E-state index contributed by atoms with van der Waals surface area (Å²) in [6.45, 7) is 9.26. The van der Waals surface area contributed by atoms with E-state index >= 15 is 0 Å². The lowest BCUT2D eigenvalue weighted by Crippen LogP contribution is -2.26. The Morgan fingerprint density at radius 2 is 1.81 bits per heavy atom. The molecular formula is C13H24O3. The summed E-state index contributed by atoms with van der Waals surface area (Å²) in [6, 6.07) is 0. The van der Waals surface area contributed by atoms with E-state index < -0.39 is 0 Å². The average Bonchev–Trinajstić information content (AvgIpc) is 2.79. The average molecular weight is 228 g/mol. The van der Waals surface area contributed by atoms with Gasteiger partial charge in [0.2, 0.25) is 0 Å². The molecule has 1 saturated carbocycles. The van der Waals surface area contributed by atoms with Crippen molar-refractivity contribution in [3.8, 4) is 0 Å². The van der Waals surface area contributed by atoms with Gasteiger partial charge >= 0.3 is 0 Å². The number of hydrogen-bond acceptors (Lipinski definition) is 3. The molecule has 3 nitrogen and oxygen atoms in total. The molecule has 1 heterocycles. The molecule has 1 spiro atoms. The maximum Gasteiger partial charge on any atom is 0.169 e. The van der Waals surface area contributed by atoms with Crippen molar-refractivity contribution in [2.45, 2.75) is 52.7 Å². The molecule has 2 fully saturated rings. The van der Waals surface area contributed by atoms with E-state index in [1.807, 2.05) is 13.8 Å². The monoisotopic (exact) mass is 228 g/mol. The molecule has 2 atom stereocenters.